The summed E-state index contributed by atoms with van der Waals surface area (Å²) in [5.74, 6) is 0.157. The van der Waals surface area contributed by atoms with E-state index in [-0.39, 0.29) is 17.9 Å². The molecule has 6 heteroatoms. The normalized spacial score (nSPS) is 24.4. The van der Waals surface area contributed by atoms with E-state index in [0.717, 1.165) is 24.8 Å². The second-order valence-corrected chi connectivity index (χ2v) is 7.04. The van der Waals surface area contributed by atoms with E-state index in [1.54, 1.807) is 14.2 Å². The Kier molecular flexibility index (Phi) is 7.32. The maximum absolute atomic E-state index is 13.0. The average molecular weight is 365 g/mol. The first kappa shape index (κ1) is 19.8. The second kappa shape index (κ2) is 9.25. The molecule has 0 bridgehead atoms. The summed E-state index contributed by atoms with van der Waals surface area (Å²) >= 11 is 4.45. The van der Waals surface area contributed by atoms with Gasteiger partial charge < -0.3 is 15.4 Å². The third kappa shape index (κ3) is 4.98. The lowest BCUT2D eigenvalue weighted by atomic mass is 9.73. The first-order chi connectivity index (χ1) is 12.0. The number of thiol groups is 1. The summed E-state index contributed by atoms with van der Waals surface area (Å²) in [5, 5.41) is 5.61. The molecule has 0 aliphatic heterocycles. The van der Waals surface area contributed by atoms with Crippen LogP contribution < -0.4 is 10.6 Å². The van der Waals surface area contributed by atoms with Gasteiger partial charge in [0.1, 0.15) is 6.04 Å². The van der Waals surface area contributed by atoms with Gasteiger partial charge in [-0.15, -0.1) is 0 Å². The lowest BCUT2D eigenvalue weighted by Crippen LogP contribution is -2.54. The highest BCUT2D eigenvalue weighted by Crippen LogP contribution is 2.38. The Morgan fingerprint density at radius 3 is 2.68 bits per heavy atom. The number of amides is 2. The zero-order valence-electron chi connectivity index (χ0n) is 15.0. The molecule has 2 unspecified atom stereocenters. The number of carbonyl (C=O) groups is 2. The van der Waals surface area contributed by atoms with E-state index in [1.165, 1.54) is 0 Å². The number of benzene rings is 1. The summed E-state index contributed by atoms with van der Waals surface area (Å²) in [6, 6.07) is 9.10. The molecule has 0 radical (unpaired) electrons. The Balaban J connectivity index is 2.13. The number of carbonyl (C=O) groups excluding carboxylic acids is 2. The number of nitrogens with one attached hydrogen (secondary N) is 2. The number of hydrogen-bond donors (Lipinski definition) is 3. The van der Waals surface area contributed by atoms with Crippen molar-refractivity contribution in [3.63, 3.8) is 0 Å². The Labute approximate surface area is 155 Å². The quantitative estimate of drug-likeness (QED) is 0.648. The Hall–Kier alpha value is -1.53. The highest BCUT2D eigenvalue weighted by atomic mass is 32.1. The summed E-state index contributed by atoms with van der Waals surface area (Å²) in [6.07, 6.45) is 3.83. The summed E-state index contributed by atoms with van der Waals surface area (Å²) in [7, 11) is 3.27. The third-order valence-electron chi connectivity index (χ3n) is 5.07. The van der Waals surface area contributed by atoms with Crippen molar-refractivity contribution in [2.24, 2.45) is 5.41 Å². The van der Waals surface area contributed by atoms with Crippen molar-refractivity contribution in [2.45, 2.75) is 44.2 Å². The van der Waals surface area contributed by atoms with Crippen molar-refractivity contribution < 1.29 is 14.3 Å². The van der Waals surface area contributed by atoms with Gasteiger partial charge in [0.2, 0.25) is 11.8 Å². The zero-order chi connectivity index (χ0) is 18.3. The monoisotopic (exact) mass is 364 g/mol. The minimum absolute atomic E-state index is 0.0687. The molecule has 1 aliphatic rings. The Morgan fingerprint density at radius 1 is 1.36 bits per heavy atom. The summed E-state index contributed by atoms with van der Waals surface area (Å²) in [4.78, 5) is 25.3. The molecule has 5 nitrogen and oxygen atoms in total. The lowest BCUT2D eigenvalue weighted by molar-refractivity contribution is -0.137. The SMILES string of the molecule is CNC(=O)[C@H](Cc1ccccc1)NC(=O)C1(CS)CCCC(OC)C1. The van der Waals surface area contributed by atoms with Crippen LogP contribution in [-0.2, 0) is 20.7 Å². The molecule has 2 N–H and O–H groups in total. The van der Waals surface area contributed by atoms with Crippen molar-refractivity contribution in [1.29, 1.82) is 0 Å². The molecule has 1 fully saturated rings. The lowest BCUT2D eigenvalue weighted by Gasteiger charge is -2.39. The van der Waals surface area contributed by atoms with E-state index in [4.69, 9.17) is 4.74 Å². The van der Waals surface area contributed by atoms with Gasteiger partial charge in [-0.2, -0.15) is 12.6 Å². The predicted molar refractivity (Wildman–Crippen MR) is 102 cm³/mol. The van der Waals surface area contributed by atoms with Gasteiger partial charge in [0.25, 0.3) is 0 Å². The van der Waals surface area contributed by atoms with Crippen LogP contribution in [0.3, 0.4) is 0 Å². The van der Waals surface area contributed by atoms with E-state index in [0.29, 0.717) is 18.6 Å². The maximum atomic E-state index is 13.0. The van der Waals surface area contributed by atoms with Crippen molar-refractivity contribution in [1.82, 2.24) is 10.6 Å². The summed E-state index contributed by atoms with van der Waals surface area (Å²) in [5.41, 5.74) is 0.431. The molecule has 0 aromatic heterocycles. The minimum Gasteiger partial charge on any atom is -0.381 e. The van der Waals surface area contributed by atoms with Crippen LogP contribution in [0.5, 0.6) is 0 Å². The van der Waals surface area contributed by atoms with Crippen LogP contribution in [-0.4, -0.2) is 43.9 Å². The van der Waals surface area contributed by atoms with Gasteiger partial charge in [0, 0.05) is 26.3 Å². The maximum Gasteiger partial charge on any atom is 0.242 e. The molecule has 1 aromatic carbocycles. The van der Waals surface area contributed by atoms with Gasteiger partial charge in [-0.05, 0) is 31.2 Å². The highest BCUT2D eigenvalue weighted by molar-refractivity contribution is 7.80. The molecule has 3 atom stereocenters. The van der Waals surface area contributed by atoms with E-state index < -0.39 is 11.5 Å². The van der Waals surface area contributed by atoms with Crippen molar-refractivity contribution in [3.05, 3.63) is 35.9 Å². The van der Waals surface area contributed by atoms with Crippen LogP contribution in [0.2, 0.25) is 0 Å². The minimum atomic E-state index is -0.598. The first-order valence-electron chi connectivity index (χ1n) is 8.75. The molecule has 1 aliphatic carbocycles. The van der Waals surface area contributed by atoms with Gasteiger partial charge in [-0.25, -0.2) is 0 Å². The average Bonchev–Trinajstić information content (AvgIpc) is 2.67. The second-order valence-electron chi connectivity index (χ2n) is 6.72. The van der Waals surface area contributed by atoms with E-state index in [2.05, 4.69) is 23.3 Å². The summed E-state index contributed by atoms with van der Waals surface area (Å²) < 4.78 is 5.47. The first-order valence-corrected chi connectivity index (χ1v) is 9.38. The van der Waals surface area contributed by atoms with Crippen LogP contribution in [0.15, 0.2) is 30.3 Å². The molecule has 0 spiro atoms. The van der Waals surface area contributed by atoms with E-state index in [9.17, 15) is 9.59 Å². The van der Waals surface area contributed by atoms with Crippen LogP contribution in [0.4, 0.5) is 0 Å². The molecule has 0 saturated heterocycles. The fraction of sp³-hybridized carbons (Fsp3) is 0.579. The number of likely N-dealkylation sites (N-methyl/N-ethyl adjacent to an activating group) is 1. The van der Waals surface area contributed by atoms with Crippen LogP contribution in [0.1, 0.15) is 31.2 Å². The Morgan fingerprint density at radius 2 is 2.08 bits per heavy atom. The van der Waals surface area contributed by atoms with Crippen LogP contribution in [0.25, 0.3) is 0 Å². The standard InChI is InChI=1S/C19H28N2O3S/c1-20-17(22)16(11-14-7-4-3-5-8-14)21-18(23)19(13-25)10-6-9-15(12-19)24-2/h3-5,7-8,15-16,25H,6,9-13H2,1-2H3,(H,20,22)(H,21,23)/t15?,16-,19?/m0/s1. The van der Waals surface area contributed by atoms with Gasteiger partial charge in [-0.1, -0.05) is 30.3 Å². The van der Waals surface area contributed by atoms with Crippen LogP contribution in [0, 0.1) is 5.41 Å². The molecule has 1 aromatic rings. The molecule has 0 heterocycles. The van der Waals surface area contributed by atoms with Crippen LogP contribution >= 0.6 is 12.6 Å². The van der Waals surface area contributed by atoms with Gasteiger partial charge in [-0.3, -0.25) is 9.59 Å². The molecule has 1 saturated carbocycles. The Bertz CT molecular complexity index is 581. The van der Waals surface area contributed by atoms with Crippen molar-refractivity contribution >= 4 is 24.4 Å². The molecule has 2 amide bonds. The van der Waals surface area contributed by atoms with Crippen molar-refractivity contribution in [2.75, 3.05) is 19.9 Å². The molecular formula is C19H28N2O3S. The number of hydrogen-bond acceptors (Lipinski definition) is 4. The number of ether oxygens (including phenoxy) is 1. The van der Waals surface area contributed by atoms with E-state index in [1.807, 2.05) is 30.3 Å². The molecule has 2 rings (SSSR count). The van der Waals surface area contributed by atoms with Crippen molar-refractivity contribution in [3.8, 4) is 0 Å². The molecule has 25 heavy (non-hydrogen) atoms. The fourth-order valence-corrected chi connectivity index (χ4v) is 3.91. The molecular weight excluding hydrogens is 336 g/mol. The topological polar surface area (TPSA) is 67.4 Å². The zero-order valence-corrected chi connectivity index (χ0v) is 15.9. The number of rotatable bonds is 7. The molecule has 138 valence electrons. The van der Waals surface area contributed by atoms with Gasteiger partial charge in [0.15, 0.2) is 0 Å². The smallest absolute Gasteiger partial charge is 0.242 e. The van der Waals surface area contributed by atoms with E-state index >= 15 is 0 Å². The summed E-state index contributed by atoms with van der Waals surface area (Å²) in [6.45, 7) is 0. The highest BCUT2D eigenvalue weighted by Gasteiger charge is 2.43. The fourth-order valence-electron chi connectivity index (χ4n) is 3.48. The largest absolute Gasteiger partial charge is 0.381 e. The van der Waals surface area contributed by atoms with Gasteiger partial charge >= 0.3 is 0 Å². The third-order valence-corrected chi connectivity index (χ3v) is 5.67. The number of methoxy groups -OCH3 is 1. The predicted octanol–water partition coefficient (Wildman–Crippen LogP) is 1.97. The van der Waals surface area contributed by atoms with Gasteiger partial charge in [0.05, 0.1) is 11.5 Å².